The zero-order valence-corrected chi connectivity index (χ0v) is 38.4. The van der Waals surface area contributed by atoms with E-state index in [1.807, 2.05) is 61.2 Å². The fourth-order valence-corrected chi connectivity index (χ4v) is 11.5. The second-order valence-corrected chi connectivity index (χ2v) is 19.5. The quantitative estimate of drug-likeness (QED) is 0.167. The van der Waals surface area contributed by atoms with E-state index in [0.29, 0.717) is 0 Å². The van der Waals surface area contributed by atoms with Gasteiger partial charge in [0.2, 0.25) is 0 Å². The first-order valence-electron chi connectivity index (χ1n) is 23.5. The number of hydrogen-bond acceptors (Lipinski definition) is 4. The van der Waals surface area contributed by atoms with E-state index in [1.165, 1.54) is 88.3 Å². The normalized spacial score (nSPS) is 13.8. The van der Waals surface area contributed by atoms with Gasteiger partial charge in [-0.15, -0.1) is 0 Å². The van der Waals surface area contributed by atoms with Crippen LogP contribution in [0.1, 0.15) is 49.9 Å². The van der Waals surface area contributed by atoms with Crippen molar-refractivity contribution in [2.75, 3.05) is 0 Å². The van der Waals surface area contributed by atoms with E-state index in [1.54, 1.807) is 0 Å². The van der Waals surface area contributed by atoms with Gasteiger partial charge in [0.05, 0.1) is 22.8 Å². The smallest absolute Gasteiger partial charge is 0.0900 e. The lowest BCUT2D eigenvalue weighted by atomic mass is 9.76. The Kier molecular flexibility index (Phi) is 8.88. The van der Waals surface area contributed by atoms with Gasteiger partial charge in [0.25, 0.3) is 0 Å². The second kappa shape index (κ2) is 15.1. The summed E-state index contributed by atoms with van der Waals surface area (Å²) in [6.07, 6.45) is 7.62. The maximum absolute atomic E-state index is 4.98. The number of benzene rings is 7. The van der Waals surface area contributed by atoms with Crippen LogP contribution in [0.25, 0.3) is 111 Å². The van der Waals surface area contributed by atoms with E-state index in [4.69, 9.17) is 9.97 Å². The molecule has 0 bridgehead atoms. The second-order valence-electron chi connectivity index (χ2n) is 19.5. The molecule has 0 aliphatic heterocycles. The Labute approximate surface area is 396 Å². The van der Waals surface area contributed by atoms with Crippen LogP contribution in [0.2, 0.25) is 0 Å². The van der Waals surface area contributed by atoms with Gasteiger partial charge in [-0.1, -0.05) is 155 Å². The summed E-state index contributed by atoms with van der Waals surface area (Å²) < 4.78 is 0. The Bertz CT molecular complexity index is 3770. The number of rotatable bonds is 6. The van der Waals surface area contributed by atoms with Gasteiger partial charge >= 0.3 is 0 Å². The summed E-state index contributed by atoms with van der Waals surface area (Å²) in [5.74, 6) is 0. The zero-order chi connectivity index (χ0) is 45.7. The van der Waals surface area contributed by atoms with Crippen LogP contribution in [-0.2, 0) is 10.8 Å². The number of aromatic nitrogens is 4. The van der Waals surface area contributed by atoms with Crippen molar-refractivity contribution in [1.29, 1.82) is 0 Å². The Morgan fingerprint density at radius 3 is 1.41 bits per heavy atom. The summed E-state index contributed by atoms with van der Waals surface area (Å²) in [5, 5.41) is 5.16. The van der Waals surface area contributed by atoms with Crippen molar-refractivity contribution in [1.82, 2.24) is 19.9 Å². The highest BCUT2D eigenvalue weighted by molar-refractivity contribution is 6.05. The highest BCUT2D eigenvalue weighted by Gasteiger charge is 2.41. The number of fused-ring (bicyclic) bond motifs is 10. The number of pyridine rings is 4. The summed E-state index contributed by atoms with van der Waals surface area (Å²) in [4.78, 5) is 19.0. The molecule has 4 nitrogen and oxygen atoms in total. The lowest BCUT2D eigenvalue weighted by Crippen LogP contribution is -2.18. The molecule has 0 unspecified atom stereocenters. The number of nitrogens with zero attached hydrogens (tertiary/aromatic N) is 4. The van der Waals surface area contributed by atoms with Gasteiger partial charge in [-0.05, 0) is 154 Å². The minimum Gasteiger partial charge on any atom is -0.263 e. The van der Waals surface area contributed by atoms with Crippen molar-refractivity contribution in [3.8, 4) is 89.5 Å². The molecule has 0 amide bonds. The molecule has 4 heteroatoms. The van der Waals surface area contributed by atoms with E-state index < -0.39 is 0 Å². The van der Waals surface area contributed by atoms with E-state index >= 15 is 0 Å². The van der Waals surface area contributed by atoms with Gasteiger partial charge in [-0.25, -0.2) is 4.98 Å². The topological polar surface area (TPSA) is 51.6 Å². The Hall–Kier alpha value is -8.34. The lowest BCUT2D eigenvalue weighted by Gasteiger charge is -2.27. The van der Waals surface area contributed by atoms with Crippen LogP contribution >= 0.6 is 0 Å². The summed E-state index contributed by atoms with van der Waals surface area (Å²) in [5.41, 5.74) is 23.0. The Balaban J connectivity index is 0.831. The van der Waals surface area contributed by atoms with Gasteiger partial charge in [-0.2, -0.15) is 0 Å². The summed E-state index contributed by atoms with van der Waals surface area (Å²) in [6.45, 7) is 9.63. The van der Waals surface area contributed by atoms with E-state index in [0.717, 1.165) is 45.0 Å². The minimum atomic E-state index is -0.208. The molecule has 2 aliphatic carbocycles. The first-order chi connectivity index (χ1) is 33.2. The van der Waals surface area contributed by atoms with Crippen molar-refractivity contribution in [2.45, 2.75) is 38.5 Å². The van der Waals surface area contributed by atoms with Crippen molar-refractivity contribution in [2.24, 2.45) is 0 Å². The minimum absolute atomic E-state index is 0.208. The van der Waals surface area contributed by atoms with Crippen LogP contribution in [0.3, 0.4) is 0 Å². The zero-order valence-electron chi connectivity index (χ0n) is 38.4. The molecule has 0 spiro atoms. The Morgan fingerprint density at radius 1 is 0.324 bits per heavy atom. The molecule has 13 rings (SSSR count). The molecule has 11 aromatic rings. The van der Waals surface area contributed by atoms with E-state index in [-0.39, 0.29) is 10.8 Å². The van der Waals surface area contributed by atoms with Gasteiger partial charge < -0.3 is 0 Å². The first-order valence-corrected chi connectivity index (χ1v) is 23.5. The van der Waals surface area contributed by atoms with Gasteiger partial charge in [0.1, 0.15) is 0 Å². The standard InChI is InChI=1S/C64H46N4/c1-63(2)55-33-42(39-18-20-40(21-19-39)44-35-59(57-16-7-9-30-66-57)68-60(36-44)58-17-8-10-31-67-58)22-24-49(55)51-26-28-54-53(61(51)63)29-27-52-50-25-23-43(34-56(50)64(3,4)62(52)54)45-32-46(38-65-37-45)48-15-11-13-41-12-5-6-14-47(41)48/h5-38H,1-4H3. The average molecular weight is 871 g/mol. The van der Waals surface area contributed by atoms with Crippen LogP contribution in [-0.4, -0.2) is 19.9 Å². The Morgan fingerprint density at radius 2 is 0.824 bits per heavy atom. The van der Waals surface area contributed by atoms with Crippen LogP contribution in [0.5, 0.6) is 0 Å². The number of hydrogen-bond donors (Lipinski definition) is 0. The molecule has 4 heterocycles. The first kappa shape index (κ1) is 40.0. The summed E-state index contributed by atoms with van der Waals surface area (Å²) in [6, 6.07) is 66.1. The summed E-state index contributed by atoms with van der Waals surface area (Å²) >= 11 is 0. The van der Waals surface area contributed by atoms with Crippen LogP contribution in [0.15, 0.2) is 207 Å². The molecular weight excluding hydrogens is 825 g/mol. The molecule has 0 fully saturated rings. The third-order valence-electron chi connectivity index (χ3n) is 14.8. The molecule has 322 valence electrons. The molecule has 68 heavy (non-hydrogen) atoms. The summed E-state index contributed by atoms with van der Waals surface area (Å²) in [7, 11) is 0. The highest BCUT2D eigenvalue weighted by atomic mass is 14.8. The van der Waals surface area contributed by atoms with Gasteiger partial charge in [0, 0.05) is 46.7 Å². The molecule has 0 radical (unpaired) electrons. The predicted molar refractivity (Wildman–Crippen MR) is 280 cm³/mol. The van der Waals surface area contributed by atoms with Crippen LogP contribution in [0.4, 0.5) is 0 Å². The van der Waals surface area contributed by atoms with Gasteiger partial charge in [-0.3, -0.25) is 15.0 Å². The van der Waals surface area contributed by atoms with Crippen molar-refractivity contribution >= 4 is 21.5 Å². The lowest BCUT2D eigenvalue weighted by molar-refractivity contribution is 0.661. The molecule has 0 atom stereocenters. The fraction of sp³-hybridized carbons (Fsp3) is 0.0938. The highest BCUT2D eigenvalue weighted by Crippen LogP contribution is 2.57. The van der Waals surface area contributed by atoms with Crippen molar-refractivity contribution in [3.05, 3.63) is 229 Å². The maximum atomic E-state index is 4.98. The molecule has 4 aromatic heterocycles. The SMILES string of the molecule is CC1(C)c2cc(-c3ccc(-c4cc(-c5ccccn5)nc(-c5ccccn5)c4)cc3)ccc2-c2ccc3c4c(ccc3c21)-c1ccc(-c2cncc(-c3cccc5ccccc35)c2)cc1C4(C)C. The maximum Gasteiger partial charge on any atom is 0.0900 e. The van der Waals surface area contributed by atoms with Gasteiger partial charge in [0.15, 0.2) is 0 Å². The molecule has 7 aromatic carbocycles. The van der Waals surface area contributed by atoms with Crippen LogP contribution < -0.4 is 0 Å². The predicted octanol–water partition coefficient (Wildman–Crippen LogP) is 16.2. The van der Waals surface area contributed by atoms with Crippen LogP contribution in [0, 0.1) is 0 Å². The fourth-order valence-electron chi connectivity index (χ4n) is 11.5. The molecule has 0 saturated heterocycles. The largest absolute Gasteiger partial charge is 0.263 e. The van der Waals surface area contributed by atoms with Crippen molar-refractivity contribution < 1.29 is 0 Å². The molecule has 0 saturated carbocycles. The van der Waals surface area contributed by atoms with E-state index in [9.17, 15) is 0 Å². The average Bonchev–Trinajstić information content (AvgIpc) is 3.77. The third-order valence-corrected chi connectivity index (χ3v) is 14.8. The molecule has 0 N–H and O–H groups in total. The van der Waals surface area contributed by atoms with E-state index in [2.05, 4.69) is 183 Å². The molecular formula is C64H46N4. The van der Waals surface area contributed by atoms with Crippen molar-refractivity contribution in [3.63, 3.8) is 0 Å². The third kappa shape index (κ3) is 6.21. The monoisotopic (exact) mass is 870 g/mol. The molecule has 2 aliphatic rings.